The molecule has 4 aromatic rings. The summed E-state index contributed by atoms with van der Waals surface area (Å²) < 4.78 is 7.01. The van der Waals surface area contributed by atoms with E-state index in [0.717, 1.165) is 6.42 Å². The predicted molar refractivity (Wildman–Crippen MR) is 107 cm³/mol. The van der Waals surface area contributed by atoms with Crippen LogP contribution in [0.1, 0.15) is 17.9 Å². The van der Waals surface area contributed by atoms with Crippen LogP contribution in [-0.4, -0.2) is 31.8 Å². The quantitative estimate of drug-likeness (QED) is 0.546. The summed E-state index contributed by atoms with van der Waals surface area (Å²) >= 11 is 0. The maximum Gasteiger partial charge on any atom is 0.320 e. The molecule has 1 unspecified atom stereocenters. The van der Waals surface area contributed by atoms with Gasteiger partial charge in [0.15, 0.2) is 17.4 Å². The van der Waals surface area contributed by atoms with Gasteiger partial charge in [-0.1, -0.05) is 30.3 Å². The molecule has 2 N–H and O–H groups in total. The third-order valence-electron chi connectivity index (χ3n) is 4.77. The summed E-state index contributed by atoms with van der Waals surface area (Å²) in [5.74, 6) is 2.12. The van der Waals surface area contributed by atoms with Crippen LogP contribution < -0.4 is 10.6 Å². The maximum atomic E-state index is 12.5. The van der Waals surface area contributed by atoms with Crippen LogP contribution in [0.2, 0.25) is 0 Å². The van der Waals surface area contributed by atoms with Crippen LogP contribution in [-0.2, 0) is 0 Å². The third kappa shape index (κ3) is 3.73. The molecule has 1 aliphatic carbocycles. The van der Waals surface area contributed by atoms with Crippen molar-refractivity contribution in [3.05, 3.63) is 78.8 Å². The molecule has 0 aliphatic heterocycles. The summed E-state index contributed by atoms with van der Waals surface area (Å²) in [6.07, 6.45) is 5.91. The molecule has 1 saturated carbocycles. The zero-order chi connectivity index (χ0) is 19.6. The fourth-order valence-corrected chi connectivity index (χ4v) is 3.28. The summed E-state index contributed by atoms with van der Waals surface area (Å²) in [5.41, 5.74) is 1.24. The molecule has 29 heavy (non-hydrogen) atoms. The molecule has 8 nitrogen and oxygen atoms in total. The lowest BCUT2D eigenvalue weighted by Gasteiger charge is -2.10. The van der Waals surface area contributed by atoms with E-state index in [4.69, 9.17) is 4.42 Å². The van der Waals surface area contributed by atoms with E-state index in [2.05, 4.69) is 37.8 Å². The van der Waals surface area contributed by atoms with Crippen LogP contribution in [0.4, 0.5) is 10.6 Å². The topological polar surface area (TPSA) is 97.9 Å². The van der Waals surface area contributed by atoms with Gasteiger partial charge in [-0.15, -0.1) is 0 Å². The minimum atomic E-state index is -0.302. The first-order chi connectivity index (χ1) is 14.3. The Morgan fingerprint density at radius 2 is 2.00 bits per heavy atom. The number of carbonyl (C=O) groups excluding carboxylic acids is 1. The van der Waals surface area contributed by atoms with Crippen LogP contribution in [0.5, 0.6) is 0 Å². The van der Waals surface area contributed by atoms with E-state index in [-0.39, 0.29) is 12.1 Å². The average molecular weight is 386 g/mol. The molecule has 0 bridgehead atoms. The van der Waals surface area contributed by atoms with Gasteiger partial charge in [0, 0.05) is 30.4 Å². The molecule has 3 aromatic heterocycles. The lowest BCUT2D eigenvalue weighted by Crippen LogP contribution is -2.31. The largest absolute Gasteiger partial charge is 0.461 e. The minimum absolute atomic E-state index is 0.120. The predicted octanol–water partition coefficient (Wildman–Crippen LogP) is 3.60. The molecule has 2 atom stereocenters. The Morgan fingerprint density at radius 1 is 1.10 bits per heavy atom. The number of furan rings is 1. The second-order valence-electron chi connectivity index (χ2n) is 6.82. The van der Waals surface area contributed by atoms with Crippen LogP contribution in [0, 0.1) is 0 Å². The zero-order valence-electron chi connectivity index (χ0n) is 15.4. The van der Waals surface area contributed by atoms with Crippen molar-refractivity contribution in [3.8, 4) is 17.4 Å². The molecule has 1 fully saturated rings. The van der Waals surface area contributed by atoms with Gasteiger partial charge in [0.1, 0.15) is 5.82 Å². The molecule has 0 saturated heterocycles. The summed E-state index contributed by atoms with van der Waals surface area (Å²) in [5, 5.41) is 10.0. The van der Waals surface area contributed by atoms with Crippen LogP contribution >= 0.6 is 0 Å². The fraction of sp³-hybridized carbons (Fsp3) is 0.143. The summed E-state index contributed by atoms with van der Waals surface area (Å²) in [6.45, 7) is 0. The van der Waals surface area contributed by atoms with Crippen LogP contribution in [0.15, 0.2) is 77.7 Å². The lowest BCUT2D eigenvalue weighted by molar-refractivity contribution is 0.251. The third-order valence-corrected chi connectivity index (χ3v) is 4.77. The average Bonchev–Trinajstić information content (AvgIpc) is 3.17. The molecule has 0 spiro atoms. The molecule has 1 aliphatic rings. The standard InChI is InChI=1S/C21H18N6O2/c28-21(23-16-12-15(16)14-6-2-1-3-7-14)25-18-13-19(27-10-5-9-22-27)26-20(24-18)17-8-4-11-29-17/h1-11,13,15-16H,12H2,(H2,23,24,25,26,28)/t15?,16-/m0/s1. The zero-order valence-corrected chi connectivity index (χ0v) is 15.4. The van der Waals surface area contributed by atoms with Crippen molar-refractivity contribution < 1.29 is 9.21 Å². The number of nitrogens with zero attached hydrogens (tertiary/aromatic N) is 4. The minimum Gasteiger partial charge on any atom is -0.461 e. The van der Waals surface area contributed by atoms with Crippen molar-refractivity contribution in [2.45, 2.75) is 18.4 Å². The van der Waals surface area contributed by atoms with Crippen molar-refractivity contribution in [2.24, 2.45) is 0 Å². The van der Waals surface area contributed by atoms with Gasteiger partial charge < -0.3 is 9.73 Å². The van der Waals surface area contributed by atoms with Gasteiger partial charge in [-0.05, 0) is 30.2 Å². The number of hydrogen-bond acceptors (Lipinski definition) is 5. The SMILES string of the molecule is O=C(Nc1cc(-n2cccn2)nc(-c2ccco2)n1)N[C@H]1CC1c1ccccc1. The lowest BCUT2D eigenvalue weighted by atomic mass is 10.1. The first kappa shape index (κ1) is 17.2. The number of carbonyl (C=O) groups is 1. The number of benzene rings is 1. The van der Waals surface area contributed by atoms with Crippen molar-refractivity contribution >= 4 is 11.8 Å². The van der Waals surface area contributed by atoms with Gasteiger partial charge in [-0.2, -0.15) is 5.10 Å². The highest BCUT2D eigenvalue weighted by atomic mass is 16.3. The number of urea groups is 1. The van der Waals surface area contributed by atoms with Crippen molar-refractivity contribution in [1.82, 2.24) is 25.1 Å². The monoisotopic (exact) mass is 386 g/mol. The van der Waals surface area contributed by atoms with Gasteiger partial charge >= 0.3 is 6.03 Å². The van der Waals surface area contributed by atoms with Crippen LogP contribution in [0.3, 0.4) is 0 Å². The Labute approximate surface area is 166 Å². The molecule has 0 radical (unpaired) electrons. The highest BCUT2D eigenvalue weighted by Gasteiger charge is 2.39. The van der Waals surface area contributed by atoms with E-state index in [1.807, 2.05) is 18.2 Å². The van der Waals surface area contributed by atoms with E-state index >= 15 is 0 Å². The molecule has 3 heterocycles. The number of hydrogen-bond donors (Lipinski definition) is 2. The Bertz CT molecular complexity index is 1060. The Balaban J connectivity index is 1.33. The molecule has 144 valence electrons. The molecular formula is C21H18N6O2. The number of aromatic nitrogens is 4. The highest BCUT2D eigenvalue weighted by Crippen LogP contribution is 2.40. The normalized spacial score (nSPS) is 17.7. The van der Waals surface area contributed by atoms with Crippen molar-refractivity contribution in [2.75, 3.05) is 5.32 Å². The van der Waals surface area contributed by atoms with Gasteiger partial charge in [0.2, 0.25) is 0 Å². The molecule has 5 rings (SSSR count). The van der Waals surface area contributed by atoms with Gasteiger partial charge in [-0.25, -0.2) is 19.4 Å². The number of rotatable bonds is 5. The molecular weight excluding hydrogens is 368 g/mol. The van der Waals surface area contributed by atoms with E-state index in [9.17, 15) is 4.79 Å². The Hall–Kier alpha value is -3.94. The Kier molecular flexibility index (Phi) is 4.28. The smallest absolute Gasteiger partial charge is 0.320 e. The molecule has 8 heteroatoms. The first-order valence-corrected chi connectivity index (χ1v) is 9.32. The second kappa shape index (κ2) is 7.23. The summed E-state index contributed by atoms with van der Waals surface area (Å²) in [6, 6.07) is 17.0. The number of amides is 2. The maximum absolute atomic E-state index is 12.5. The molecule has 2 amide bonds. The van der Waals surface area contributed by atoms with Gasteiger partial charge in [0.05, 0.1) is 6.26 Å². The number of nitrogens with one attached hydrogen (secondary N) is 2. The molecule has 1 aromatic carbocycles. The summed E-state index contributed by atoms with van der Waals surface area (Å²) in [4.78, 5) is 21.4. The second-order valence-corrected chi connectivity index (χ2v) is 6.82. The fourth-order valence-electron chi connectivity index (χ4n) is 3.28. The number of anilines is 1. The van der Waals surface area contributed by atoms with Gasteiger partial charge in [-0.3, -0.25) is 5.32 Å². The Morgan fingerprint density at radius 3 is 2.76 bits per heavy atom. The highest BCUT2D eigenvalue weighted by molar-refractivity contribution is 5.89. The van der Waals surface area contributed by atoms with E-state index < -0.39 is 0 Å². The van der Waals surface area contributed by atoms with E-state index in [1.54, 1.807) is 47.6 Å². The van der Waals surface area contributed by atoms with Gasteiger partial charge in [0.25, 0.3) is 0 Å². The van der Waals surface area contributed by atoms with Crippen LogP contribution in [0.25, 0.3) is 17.4 Å². The first-order valence-electron chi connectivity index (χ1n) is 9.32. The van der Waals surface area contributed by atoms with Crippen molar-refractivity contribution in [3.63, 3.8) is 0 Å². The van der Waals surface area contributed by atoms with Crippen molar-refractivity contribution in [1.29, 1.82) is 0 Å². The van der Waals surface area contributed by atoms with E-state index in [0.29, 0.717) is 29.1 Å². The summed E-state index contributed by atoms with van der Waals surface area (Å²) in [7, 11) is 0. The van der Waals surface area contributed by atoms with E-state index in [1.165, 1.54) is 5.56 Å².